The third-order valence-corrected chi connectivity index (χ3v) is 9.60. The van der Waals surface area contributed by atoms with Crippen molar-refractivity contribution in [1.82, 2.24) is 44.8 Å². The Labute approximate surface area is 249 Å². The average molecular weight is 700 g/mol. The van der Waals surface area contributed by atoms with Gasteiger partial charge in [0, 0.05) is 59.9 Å². The second-order valence-electron chi connectivity index (χ2n) is 9.08. The molecule has 1 atom stereocenters. The van der Waals surface area contributed by atoms with Crippen molar-refractivity contribution in [2.24, 2.45) is 0 Å². The van der Waals surface area contributed by atoms with Gasteiger partial charge in [0.15, 0.2) is 5.01 Å². The monoisotopic (exact) mass is 699 g/mol. The van der Waals surface area contributed by atoms with E-state index in [0.29, 0.717) is 39.6 Å². The van der Waals surface area contributed by atoms with Gasteiger partial charge in [-0.1, -0.05) is 11.6 Å². The molecule has 39 heavy (non-hydrogen) atoms. The predicted octanol–water partition coefficient (Wildman–Crippen LogP) is 3.41. The molecule has 0 bridgehead atoms. The van der Waals surface area contributed by atoms with Gasteiger partial charge < -0.3 is 9.88 Å². The third-order valence-electron chi connectivity index (χ3n) is 6.58. The number of nitrogens with one attached hydrogen (secondary N) is 2. The van der Waals surface area contributed by atoms with Crippen LogP contribution < -0.4 is 0 Å². The number of fused-ring (bicyclic) bond motifs is 2. The fourth-order valence-corrected chi connectivity index (χ4v) is 7.19. The quantitative estimate of drug-likeness (QED) is 0.256. The topological polar surface area (TPSA) is 154 Å². The van der Waals surface area contributed by atoms with E-state index in [0.717, 1.165) is 15.9 Å². The molecule has 1 amide bonds. The van der Waals surface area contributed by atoms with Crippen LogP contribution in [0, 0.1) is 6.92 Å². The van der Waals surface area contributed by atoms with Crippen LogP contribution in [0.4, 0.5) is 0 Å². The van der Waals surface area contributed by atoms with Crippen LogP contribution in [-0.2, 0) is 16.4 Å². The summed E-state index contributed by atoms with van der Waals surface area (Å²) in [5.74, 6) is 0.327. The minimum absolute atomic E-state index is 0. The Bertz CT molecular complexity index is 1760. The summed E-state index contributed by atoms with van der Waals surface area (Å²) in [7, 11) is -3.85. The Morgan fingerprint density at radius 1 is 1.23 bits per heavy atom. The van der Waals surface area contributed by atoms with Gasteiger partial charge in [0.1, 0.15) is 10.9 Å². The number of halogens is 2. The van der Waals surface area contributed by atoms with Crippen molar-refractivity contribution >= 4 is 84.0 Å². The highest BCUT2D eigenvalue weighted by Crippen LogP contribution is 2.29. The van der Waals surface area contributed by atoms with E-state index < -0.39 is 16.1 Å². The highest BCUT2D eigenvalue weighted by Gasteiger charge is 2.38. The fourth-order valence-electron chi connectivity index (χ4n) is 4.65. The third kappa shape index (κ3) is 5.50. The summed E-state index contributed by atoms with van der Waals surface area (Å²) < 4.78 is 29.5. The molecule has 2 N–H and O–H groups in total. The van der Waals surface area contributed by atoms with Crippen molar-refractivity contribution in [1.29, 1.82) is 0 Å². The van der Waals surface area contributed by atoms with E-state index in [-0.39, 0.29) is 54.5 Å². The number of thiazole rings is 1. The first kappa shape index (κ1) is 27.8. The van der Waals surface area contributed by atoms with E-state index in [4.69, 9.17) is 11.6 Å². The first-order valence-corrected chi connectivity index (χ1v) is 14.5. The molecule has 0 saturated carbocycles. The van der Waals surface area contributed by atoms with Gasteiger partial charge in [-0.2, -0.15) is 4.31 Å². The molecule has 0 spiro atoms. The first-order chi connectivity index (χ1) is 18.3. The zero-order valence-corrected chi connectivity index (χ0v) is 25.3. The van der Waals surface area contributed by atoms with Crippen molar-refractivity contribution < 1.29 is 13.2 Å². The van der Waals surface area contributed by atoms with Crippen molar-refractivity contribution in [3.63, 3.8) is 0 Å². The van der Waals surface area contributed by atoms with E-state index in [1.54, 1.807) is 35.4 Å². The summed E-state index contributed by atoms with van der Waals surface area (Å²) in [4.78, 5) is 27.2. The maximum absolute atomic E-state index is 13.6. The molecular formula is C23H23ClIN9O3S2. The van der Waals surface area contributed by atoms with Gasteiger partial charge in [0.25, 0.3) is 15.9 Å². The van der Waals surface area contributed by atoms with Crippen LogP contribution in [-0.4, -0.2) is 84.8 Å². The Morgan fingerprint density at radius 2 is 2.08 bits per heavy atom. The van der Waals surface area contributed by atoms with Crippen LogP contribution in [0.15, 0.2) is 41.6 Å². The summed E-state index contributed by atoms with van der Waals surface area (Å²) in [6, 6.07) is 8.18. The highest BCUT2D eigenvalue weighted by molar-refractivity contribution is 14.0. The number of aromatic amines is 2. The van der Waals surface area contributed by atoms with Gasteiger partial charge in [0.2, 0.25) is 0 Å². The lowest BCUT2D eigenvalue weighted by atomic mass is 10.1. The van der Waals surface area contributed by atoms with Gasteiger partial charge in [-0.05, 0) is 54.1 Å². The first-order valence-electron chi connectivity index (χ1n) is 11.8. The van der Waals surface area contributed by atoms with E-state index in [1.807, 2.05) is 13.0 Å². The van der Waals surface area contributed by atoms with Gasteiger partial charge in [0.05, 0.1) is 10.2 Å². The van der Waals surface area contributed by atoms with Crippen LogP contribution >= 0.6 is 46.9 Å². The number of hydrogen-bond acceptors (Lipinski definition) is 9. The molecule has 0 radical (unpaired) electrons. The molecule has 5 heterocycles. The molecule has 1 saturated heterocycles. The van der Waals surface area contributed by atoms with Crippen LogP contribution in [0.1, 0.15) is 27.7 Å². The van der Waals surface area contributed by atoms with Crippen molar-refractivity contribution in [3.8, 4) is 0 Å². The summed E-state index contributed by atoms with van der Waals surface area (Å²) in [6.07, 6.45) is 2.62. The molecular weight excluding hydrogens is 677 g/mol. The number of hydrogen-bond donors (Lipinski definition) is 2. The molecule has 4 aromatic heterocycles. The number of sulfonamides is 1. The Hall–Kier alpha value is -2.73. The number of piperazine rings is 1. The van der Waals surface area contributed by atoms with Gasteiger partial charge >= 0.3 is 0 Å². The van der Waals surface area contributed by atoms with E-state index in [9.17, 15) is 13.2 Å². The Morgan fingerprint density at radius 3 is 2.87 bits per heavy atom. The second-order valence-corrected chi connectivity index (χ2v) is 12.5. The summed E-state index contributed by atoms with van der Waals surface area (Å²) in [5.41, 5.74) is 2.21. The number of tetrazole rings is 1. The van der Waals surface area contributed by atoms with Crippen molar-refractivity contribution in [2.45, 2.75) is 30.8 Å². The molecule has 16 heteroatoms. The van der Waals surface area contributed by atoms with Crippen LogP contribution in [0.3, 0.4) is 0 Å². The second kappa shape index (κ2) is 11.0. The predicted molar refractivity (Wildman–Crippen MR) is 157 cm³/mol. The number of carbonyl (C=O) groups excluding carboxylic acids is 1. The fraction of sp³-hybridized carbons (Fsp3) is 0.304. The number of benzene rings is 1. The smallest absolute Gasteiger partial charge is 0.283 e. The number of pyridine rings is 1. The lowest BCUT2D eigenvalue weighted by molar-refractivity contribution is 0.0550. The lowest BCUT2D eigenvalue weighted by Crippen LogP contribution is -2.56. The molecule has 12 nitrogen and oxygen atoms in total. The molecule has 1 aromatic carbocycles. The van der Waals surface area contributed by atoms with E-state index in [1.165, 1.54) is 15.6 Å². The SMILES string of the molecule is Cc1cc2nc(C(=O)N3CCN(S(=O)(=O)c4cc5cc(Cl)ccc5[nH]4)CC3CCc3nnn[nH]3)sc2cn1.I. The highest BCUT2D eigenvalue weighted by atomic mass is 127. The zero-order valence-electron chi connectivity index (χ0n) is 20.5. The van der Waals surface area contributed by atoms with Gasteiger partial charge in [-0.25, -0.2) is 18.5 Å². The number of nitrogens with zero attached hydrogens (tertiary/aromatic N) is 7. The largest absolute Gasteiger partial charge is 0.345 e. The molecule has 1 aliphatic rings. The van der Waals surface area contributed by atoms with E-state index in [2.05, 4.69) is 35.6 Å². The molecule has 0 aliphatic carbocycles. The van der Waals surface area contributed by atoms with Gasteiger partial charge in [-0.3, -0.25) is 9.78 Å². The molecule has 1 fully saturated rings. The zero-order chi connectivity index (χ0) is 26.4. The average Bonchev–Trinajstić information content (AvgIpc) is 3.66. The Kier molecular flexibility index (Phi) is 7.87. The maximum atomic E-state index is 13.6. The van der Waals surface area contributed by atoms with E-state index >= 15 is 0 Å². The normalized spacial score (nSPS) is 16.6. The minimum atomic E-state index is -3.85. The van der Waals surface area contributed by atoms with Crippen LogP contribution in [0.2, 0.25) is 5.02 Å². The molecule has 5 aromatic rings. The van der Waals surface area contributed by atoms with Gasteiger partial charge in [-0.15, -0.1) is 40.4 Å². The van der Waals surface area contributed by atoms with Crippen LogP contribution in [0.25, 0.3) is 21.1 Å². The molecule has 1 aliphatic heterocycles. The van der Waals surface area contributed by atoms with Crippen molar-refractivity contribution in [3.05, 3.63) is 58.1 Å². The molecule has 1 unspecified atom stereocenters. The number of aryl methyl sites for hydroxylation is 2. The summed E-state index contributed by atoms with van der Waals surface area (Å²) in [5, 5.41) is 15.5. The number of aromatic nitrogens is 7. The van der Waals surface area contributed by atoms with Crippen LogP contribution in [0.5, 0.6) is 0 Å². The summed E-state index contributed by atoms with van der Waals surface area (Å²) in [6.45, 7) is 2.36. The number of rotatable bonds is 6. The minimum Gasteiger partial charge on any atom is -0.345 e. The molecule has 204 valence electrons. The van der Waals surface area contributed by atoms with Crippen molar-refractivity contribution in [2.75, 3.05) is 19.6 Å². The molecule has 6 rings (SSSR count). The lowest BCUT2D eigenvalue weighted by Gasteiger charge is -2.40. The number of H-pyrrole nitrogens is 2. The maximum Gasteiger partial charge on any atom is 0.283 e. The summed E-state index contributed by atoms with van der Waals surface area (Å²) >= 11 is 7.36. The number of carbonyl (C=O) groups is 1. The Balaban J connectivity index is 0.00000308. The number of amides is 1. The standard InChI is InChI=1S/C23H22ClN9O3S2.HI/c1-13-8-18-19(11-25-13)37-22(27-18)23(34)33-7-6-32(12-16(33)3-5-20-28-30-31-29-20)38(35,36)21-10-14-9-15(24)2-4-17(14)26-21;/h2,4,8-11,16,26H,3,5-7,12H2,1H3,(H,28,29,30,31);1H.